The topological polar surface area (TPSA) is 77.8 Å². The van der Waals surface area contributed by atoms with Crippen LogP contribution >= 0.6 is 11.6 Å². The van der Waals surface area contributed by atoms with Crippen LogP contribution in [0.5, 0.6) is 11.5 Å². The molecule has 0 fully saturated rings. The molecule has 16 heavy (non-hydrogen) atoms. The van der Waals surface area contributed by atoms with Gasteiger partial charge in [-0.3, -0.25) is 0 Å². The zero-order chi connectivity index (χ0) is 12.1. The van der Waals surface area contributed by atoms with E-state index < -0.39 is 5.97 Å². The van der Waals surface area contributed by atoms with Gasteiger partial charge in [0.2, 0.25) is 0 Å². The Bertz CT molecular complexity index is 463. The molecule has 3 N–H and O–H groups in total. The van der Waals surface area contributed by atoms with Crippen LogP contribution in [0.1, 0.15) is 5.56 Å². The number of benzene rings is 1. The lowest BCUT2D eigenvalue weighted by molar-refractivity contribution is -0.131. The molecule has 0 heterocycles. The fourth-order valence-electron chi connectivity index (χ4n) is 0.992. The molecule has 0 aliphatic heterocycles. The molecule has 5 heteroatoms. The molecule has 0 bridgehead atoms. The van der Waals surface area contributed by atoms with Crippen molar-refractivity contribution in [2.75, 3.05) is 0 Å². The van der Waals surface area contributed by atoms with Crippen LogP contribution in [0.3, 0.4) is 0 Å². The van der Waals surface area contributed by atoms with Gasteiger partial charge < -0.3 is 15.3 Å². The number of phenols is 2. The highest BCUT2D eigenvalue weighted by molar-refractivity contribution is 6.32. The Kier molecular flexibility index (Phi) is 3.96. The Morgan fingerprint density at radius 1 is 1.19 bits per heavy atom. The van der Waals surface area contributed by atoms with Gasteiger partial charge in [0.05, 0.1) is 5.02 Å². The van der Waals surface area contributed by atoms with Crippen molar-refractivity contribution in [3.05, 3.63) is 40.9 Å². The van der Waals surface area contributed by atoms with Gasteiger partial charge in [0, 0.05) is 12.1 Å². The number of hydrogen-bond acceptors (Lipinski definition) is 3. The molecule has 0 saturated heterocycles. The van der Waals surface area contributed by atoms with Gasteiger partial charge in [-0.1, -0.05) is 29.8 Å². The van der Waals surface area contributed by atoms with Crippen molar-refractivity contribution < 1.29 is 20.1 Å². The molecule has 0 spiro atoms. The molecular formula is C11H9ClO4. The standard InChI is InChI=1S/C11H9ClO4/c12-8-6-10(14)9(13)5-7(8)3-1-2-4-11(15)16/h1-6,13-14H,(H,15,16). The number of rotatable bonds is 3. The summed E-state index contributed by atoms with van der Waals surface area (Å²) in [6, 6.07) is 2.49. The minimum absolute atomic E-state index is 0.260. The van der Waals surface area contributed by atoms with Gasteiger partial charge in [-0.15, -0.1) is 0 Å². The molecule has 0 aliphatic rings. The molecule has 0 amide bonds. The third-order valence-corrected chi connectivity index (χ3v) is 2.05. The minimum Gasteiger partial charge on any atom is -0.504 e. The fourth-order valence-corrected chi connectivity index (χ4v) is 1.21. The van der Waals surface area contributed by atoms with Gasteiger partial charge in [-0.05, 0) is 11.6 Å². The number of phenolic OH excluding ortho intramolecular Hbond substituents is 2. The first-order valence-electron chi connectivity index (χ1n) is 4.30. The highest BCUT2D eigenvalue weighted by Gasteiger charge is 2.03. The summed E-state index contributed by atoms with van der Waals surface area (Å²) >= 11 is 5.78. The summed E-state index contributed by atoms with van der Waals surface area (Å²) in [5.41, 5.74) is 0.479. The molecule has 0 aliphatic carbocycles. The van der Waals surface area contributed by atoms with Gasteiger partial charge in [-0.25, -0.2) is 4.79 Å². The average Bonchev–Trinajstić information content (AvgIpc) is 2.19. The number of aliphatic carboxylic acids is 1. The number of hydrogen-bond donors (Lipinski definition) is 3. The summed E-state index contributed by atoms with van der Waals surface area (Å²) in [5.74, 6) is -1.64. The Balaban J connectivity index is 2.89. The Hall–Kier alpha value is -1.94. The molecule has 1 rings (SSSR count). The van der Waals surface area contributed by atoms with Crippen LogP contribution in [0.15, 0.2) is 30.4 Å². The number of carboxylic acid groups (broad SMARTS) is 1. The molecule has 1 aromatic rings. The maximum atomic E-state index is 10.2. The van der Waals surface area contributed by atoms with Crippen LogP contribution < -0.4 is 0 Å². The number of carbonyl (C=O) groups is 1. The van der Waals surface area contributed by atoms with Crippen LogP contribution in [0.4, 0.5) is 0 Å². The Morgan fingerprint density at radius 3 is 2.44 bits per heavy atom. The Labute approximate surface area is 96.7 Å². The molecule has 1 aromatic carbocycles. The molecule has 0 unspecified atom stereocenters. The predicted molar refractivity (Wildman–Crippen MR) is 60.6 cm³/mol. The number of halogens is 1. The summed E-state index contributed by atoms with van der Waals surface area (Å²) in [7, 11) is 0. The van der Waals surface area contributed by atoms with Crippen molar-refractivity contribution in [1.82, 2.24) is 0 Å². The molecular weight excluding hydrogens is 232 g/mol. The summed E-state index contributed by atoms with van der Waals surface area (Å²) in [5, 5.41) is 26.9. The lowest BCUT2D eigenvalue weighted by atomic mass is 10.2. The number of carboxylic acids is 1. The lowest BCUT2D eigenvalue weighted by Gasteiger charge is -2.01. The van der Waals surface area contributed by atoms with E-state index in [0.717, 1.165) is 6.08 Å². The first-order chi connectivity index (χ1) is 7.50. The molecule has 0 radical (unpaired) electrons. The van der Waals surface area contributed by atoms with Crippen molar-refractivity contribution >= 4 is 23.6 Å². The zero-order valence-corrected chi connectivity index (χ0v) is 8.85. The highest BCUT2D eigenvalue weighted by atomic mass is 35.5. The smallest absolute Gasteiger partial charge is 0.328 e. The van der Waals surface area contributed by atoms with E-state index in [-0.39, 0.29) is 16.5 Å². The number of aromatic hydroxyl groups is 2. The number of allylic oxidation sites excluding steroid dienone is 2. The van der Waals surface area contributed by atoms with Crippen LogP contribution in [0, 0.1) is 0 Å². The van der Waals surface area contributed by atoms with E-state index in [1.165, 1.54) is 30.4 Å². The molecule has 0 atom stereocenters. The Morgan fingerprint density at radius 2 is 1.81 bits per heavy atom. The van der Waals surface area contributed by atoms with Crippen LogP contribution in [0.2, 0.25) is 5.02 Å². The molecule has 0 saturated carbocycles. The summed E-state index contributed by atoms with van der Waals surface area (Å²) in [6.07, 6.45) is 5.26. The SMILES string of the molecule is O=C(O)C=CC=Cc1cc(O)c(O)cc1Cl. The first kappa shape index (κ1) is 12.1. The monoisotopic (exact) mass is 240 g/mol. The van der Waals surface area contributed by atoms with E-state index in [1.54, 1.807) is 0 Å². The molecule has 4 nitrogen and oxygen atoms in total. The molecule has 84 valence electrons. The van der Waals surface area contributed by atoms with Crippen molar-refractivity contribution in [1.29, 1.82) is 0 Å². The van der Waals surface area contributed by atoms with Crippen LogP contribution in [0.25, 0.3) is 6.08 Å². The maximum Gasteiger partial charge on any atom is 0.328 e. The van der Waals surface area contributed by atoms with Gasteiger partial charge in [0.1, 0.15) is 0 Å². The van der Waals surface area contributed by atoms with E-state index in [4.69, 9.17) is 21.8 Å². The lowest BCUT2D eigenvalue weighted by Crippen LogP contribution is -1.84. The van der Waals surface area contributed by atoms with Crippen molar-refractivity contribution in [3.63, 3.8) is 0 Å². The minimum atomic E-state index is -1.05. The summed E-state index contributed by atoms with van der Waals surface area (Å²) in [6.45, 7) is 0. The third kappa shape index (κ3) is 3.33. The second-order valence-electron chi connectivity index (χ2n) is 2.92. The predicted octanol–water partition coefficient (Wildman–Crippen LogP) is 2.41. The van der Waals surface area contributed by atoms with Crippen molar-refractivity contribution in [3.8, 4) is 11.5 Å². The van der Waals surface area contributed by atoms with Crippen LogP contribution in [-0.4, -0.2) is 21.3 Å². The first-order valence-corrected chi connectivity index (χ1v) is 4.67. The second-order valence-corrected chi connectivity index (χ2v) is 3.33. The average molecular weight is 241 g/mol. The van der Waals surface area contributed by atoms with Gasteiger partial charge in [-0.2, -0.15) is 0 Å². The van der Waals surface area contributed by atoms with Gasteiger partial charge >= 0.3 is 5.97 Å². The summed E-state index contributed by atoms with van der Waals surface area (Å²) < 4.78 is 0. The van der Waals surface area contributed by atoms with Crippen molar-refractivity contribution in [2.24, 2.45) is 0 Å². The van der Waals surface area contributed by atoms with Crippen molar-refractivity contribution in [2.45, 2.75) is 0 Å². The highest BCUT2D eigenvalue weighted by Crippen LogP contribution is 2.31. The normalized spacial score (nSPS) is 11.3. The second kappa shape index (κ2) is 5.23. The van der Waals surface area contributed by atoms with E-state index in [2.05, 4.69) is 0 Å². The van der Waals surface area contributed by atoms with E-state index in [1.807, 2.05) is 0 Å². The maximum absolute atomic E-state index is 10.2. The van der Waals surface area contributed by atoms with E-state index in [9.17, 15) is 9.90 Å². The van der Waals surface area contributed by atoms with E-state index in [0.29, 0.717) is 5.56 Å². The van der Waals surface area contributed by atoms with Gasteiger partial charge in [0.15, 0.2) is 11.5 Å². The van der Waals surface area contributed by atoms with E-state index >= 15 is 0 Å². The van der Waals surface area contributed by atoms with Crippen LogP contribution in [-0.2, 0) is 4.79 Å². The summed E-state index contributed by atoms with van der Waals surface area (Å²) in [4.78, 5) is 10.2. The molecule has 0 aromatic heterocycles. The van der Waals surface area contributed by atoms with Gasteiger partial charge in [0.25, 0.3) is 0 Å². The largest absolute Gasteiger partial charge is 0.504 e. The third-order valence-electron chi connectivity index (χ3n) is 1.72. The fraction of sp³-hybridized carbons (Fsp3) is 0. The zero-order valence-electron chi connectivity index (χ0n) is 8.09. The quantitative estimate of drug-likeness (QED) is 0.431.